The van der Waals surface area contributed by atoms with Crippen molar-refractivity contribution in [1.82, 2.24) is 4.68 Å². The Morgan fingerprint density at radius 3 is 2.23 bits per heavy atom. The van der Waals surface area contributed by atoms with E-state index in [9.17, 15) is 14.4 Å². The fraction of sp³-hybridized carbons (Fsp3) is 0.115. The lowest BCUT2D eigenvalue weighted by Crippen LogP contribution is -2.36. The average molecular weight is 554 g/mol. The van der Waals surface area contributed by atoms with Crippen LogP contribution in [0.3, 0.4) is 0 Å². The molecule has 3 N–H and O–H groups in total. The van der Waals surface area contributed by atoms with Crippen LogP contribution in [-0.4, -0.2) is 22.4 Å². The maximum atomic E-state index is 13.2. The van der Waals surface area contributed by atoms with Crippen molar-refractivity contribution in [3.05, 3.63) is 92.5 Å². The standard InChI is InChI=1S/C26H22BrClN4O3/c1-14-5-4-6-15(2)23(14)30-25(34)26(35)31-32-21-10-7-18(28)12-17(21)13-22(32)24(33)29-19-8-9-20(27)16(3)11-19/h4-13H,1-3H3,(H,29,33)(H,30,34)(H,31,35). The van der Waals surface area contributed by atoms with E-state index in [0.717, 1.165) is 21.2 Å². The first-order valence-electron chi connectivity index (χ1n) is 10.7. The predicted molar refractivity (Wildman–Crippen MR) is 143 cm³/mol. The summed E-state index contributed by atoms with van der Waals surface area (Å²) in [5, 5.41) is 6.60. The summed E-state index contributed by atoms with van der Waals surface area (Å²) in [5.41, 5.74) is 6.97. The highest BCUT2D eigenvalue weighted by atomic mass is 79.9. The summed E-state index contributed by atoms with van der Waals surface area (Å²) in [4.78, 5) is 38.8. The minimum absolute atomic E-state index is 0.135. The van der Waals surface area contributed by atoms with Gasteiger partial charge in [0.2, 0.25) is 0 Å². The van der Waals surface area contributed by atoms with E-state index in [4.69, 9.17) is 11.6 Å². The van der Waals surface area contributed by atoms with Crippen molar-refractivity contribution >= 4 is 67.5 Å². The van der Waals surface area contributed by atoms with Gasteiger partial charge in [0, 0.05) is 26.3 Å². The molecule has 3 amide bonds. The summed E-state index contributed by atoms with van der Waals surface area (Å²) in [6.45, 7) is 5.60. The van der Waals surface area contributed by atoms with Crippen LogP contribution in [0.5, 0.6) is 0 Å². The summed E-state index contributed by atoms with van der Waals surface area (Å²) in [7, 11) is 0. The van der Waals surface area contributed by atoms with Gasteiger partial charge >= 0.3 is 11.8 Å². The van der Waals surface area contributed by atoms with E-state index in [-0.39, 0.29) is 5.69 Å². The fourth-order valence-electron chi connectivity index (χ4n) is 3.73. The van der Waals surface area contributed by atoms with Crippen molar-refractivity contribution in [2.75, 3.05) is 16.1 Å². The molecule has 35 heavy (non-hydrogen) atoms. The summed E-state index contributed by atoms with van der Waals surface area (Å²) in [6.07, 6.45) is 0. The van der Waals surface area contributed by atoms with Gasteiger partial charge in [-0.1, -0.05) is 45.7 Å². The van der Waals surface area contributed by atoms with Crippen molar-refractivity contribution in [2.45, 2.75) is 20.8 Å². The maximum absolute atomic E-state index is 13.2. The third-order valence-electron chi connectivity index (χ3n) is 5.55. The Kier molecular flexibility index (Phi) is 6.95. The number of hydrogen-bond donors (Lipinski definition) is 3. The van der Waals surface area contributed by atoms with Crippen LogP contribution in [-0.2, 0) is 9.59 Å². The number of fused-ring (bicyclic) bond motifs is 1. The molecule has 1 aromatic heterocycles. The molecule has 4 rings (SSSR count). The lowest BCUT2D eigenvalue weighted by atomic mass is 10.1. The number of aromatic nitrogens is 1. The number of nitrogens with zero attached hydrogens (tertiary/aromatic N) is 1. The van der Waals surface area contributed by atoms with Gasteiger partial charge in [-0.25, -0.2) is 4.68 Å². The molecule has 0 aliphatic carbocycles. The van der Waals surface area contributed by atoms with Crippen LogP contribution in [0.2, 0.25) is 5.02 Å². The second kappa shape index (κ2) is 9.93. The second-order valence-corrected chi connectivity index (χ2v) is 9.44. The maximum Gasteiger partial charge on any atom is 0.328 e. The molecule has 1 heterocycles. The Labute approximate surface area is 215 Å². The molecule has 0 radical (unpaired) electrons. The monoisotopic (exact) mass is 552 g/mol. The zero-order chi connectivity index (χ0) is 25.3. The molecule has 9 heteroatoms. The van der Waals surface area contributed by atoms with E-state index in [1.54, 1.807) is 30.3 Å². The van der Waals surface area contributed by atoms with E-state index in [1.807, 2.05) is 51.1 Å². The molecule has 4 aromatic rings. The SMILES string of the molecule is Cc1cc(NC(=O)c2cc3cc(Cl)ccc3n2NC(=O)C(=O)Nc2c(C)cccc2C)ccc1Br. The molecular weight excluding hydrogens is 532 g/mol. The number of nitrogens with one attached hydrogen (secondary N) is 3. The number of carbonyl (C=O) groups excluding carboxylic acids is 3. The largest absolute Gasteiger partial charge is 0.328 e. The van der Waals surface area contributed by atoms with Gasteiger partial charge in [0.1, 0.15) is 5.69 Å². The van der Waals surface area contributed by atoms with Gasteiger partial charge in [-0.15, -0.1) is 0 Å². The van der Waals surface area contributed by atoms with Gasteiger partial charge in [0.25, 0.3) is 5.91 Å². The number of anilines is 2. The van der Waals surface area contributed by atoms with E-state index in [0.29, 0.717) is 27.3 Å². The quantitative estimate of drug-likeness (QED) is 0.273. The predicted octanol–water partition coefficient (Wildman–Crippen LogP) is 5.94. The number of rotatable bonds is 4. The number of halogens is 2. The number of hydrogen-bond acceptors (Lipinski definition) is 3. The molecule has 0 atom stereocenters. The Hall–Kier alpha value is -3.62. The molecule has 0 unspecified atom stereocenters. The van der Waals surface area contributed by atoms with Crippen molar-refractivity contribution in [3.63, 3.8) is 0 Å². The van der Waals surface area contributed by atoms with E-state index in [2.05, 4.69) is 32.0 Å². The lowest BCUT2D eigenvalue weighted by molar-refractivity contribution is -0.133. The zero-order valence-corrected chi connectivity index (χ0v) is 21.5. The number of benzene rings is 3. The fourth-order valence-corrected chi connectivity index (χ4v) is 4.15. The molecule has 0 fully saturated rings. The Balaban J connectivity index is 1.65. The van der Waals surface area contributed by atoms with Crippen molar-refractivity contribution in [3.8, 4) is 0 Å². The van der Waals surface area contributed by atoms with E-state index in [1.165, 1.54) is 4.68 Å². The van der Waals surface area contributed by atoms with E-state index >= 15 is 0 Å². The van der Waals surface area contributed by atoms with Crippen LogP contribution in [0, 0.1) is 20.8 Å². The van der Waals surface area contributed by atoms with Gasteiger partial charge in [-0.2, -0.15) is 0 Å². The highest BCUT2D eigenvalue weighted by Gasteiger charge is 2.22. The third-order valence-corrected chi connectivity index (χ3v) is 6.68. The van der Waals surface area contributed by atoms with E-state index < -0.39 is 17.7 Å². The van der Waals surface area contributed by atoms with Crippen LogP contribution >= 0.6 is 27.5 Å². The number of para-hydroxylation sites is 1. The molecule has 178 valence electrons. The summed E-state index contributed by atoms with van der Waals surface area (Å²) >= 11 is 9.57. The first-order valence-corrected chi connectivity index (χ1v) is 11.9. The van der Waals surface area contributed by atoms with Crippen LogP contribution < -0.4 is 16.1 Å². The molecule has 0 spiro atoms. The molecular formula is C26H22BrClN4O3. The molecule has 0 aliphatic heterocycles. The average Bonchev–Trinajstić information content (AvgIpc) is 3.16. The molecule has 0 saturated carbocycles. The highest BCUT2D eigenvalue weighted by molar-refractivity contribution is 9.10. The Bertz CT molecular complexity index is 1480. The molecule has 0 aliphatic rings. The van der Waals surface area contributed by atoms with Crippen LogP contribution in [0.15, 0.2) is 65.1 Å². The van der Waals surface area contributed by atoms with Crippen molar-refractivity contribution in [1.29, 1.82) is 0 Å². The van der Waals surface area contributed by atoms with Crippen molar-refractivity contribution in [2.24, 2.45) is 0 Å². The minimum Gasteiger partial charge on any atom is -0.321 e. The lowest BCUT2D eigenvalue weighted by Gasteiger charge is -2.14. The zero-order valence-electron chi connectivity index (χ0n) is 19.2. The Morgan fingerprint density at radius 1 is 0.829 bits per heavy atom. The molecule has 0 bridgehead atoms. The topological polar surface area (TPSA) is 92.2 Å². The number of aryl methyl sites for hydroxylation is 3. The van der Waals surface area contributed by atoms with Crippen LogP contribution in [0.25, 0.3) is 10.9 Å². The first kappa shape index (κ1) is 24.5. The minimum atomic E-state index is -0.923. The van der Waals surface area contributed by atoms with Gasteiger partial charge < -0.3 is 10.6 Å². The van der Waals surface area contributed by atoms with Crippen LogP contribution in [0.1, 0.15) is 27.2 Å². The second-order valence-electron chi connectivity index (χ2n) is 8.15. The van der Waals surface area contributed by atoms with Gasteiger partial charge in [0.05, 0.1) is 5.52 Å². The smallest absolute Gasteiger partial charge is 0.321 e. The molecule has 3 aromatic carbocycles. The molecule has 0 saturated heterocycles. The van der Waals surface area contributed by atoms with Crippen molar-refractivity contribution < 1.29 is 14.4 Å². The molecule has 7 nitrogen and oxygen atoms in total. The van der Waals surface area contributed by atoms with Gasteiger partial charge in [-0.3, -0.25) is 19.8 Å². The van der Waals surface area contributed by atoms with Gasteiger partial charge in [-0.05, 0) is 79.9 Å². The van der Waals surface area contributed by atoms with Crippen LogP contribution in [0.4, 0.5) is 11.4 Å². The first-order chi connectivity index (χ1) is 16.6. The number of amides is 3. The number of carbonyl (C=O) groups is 3. The highest BCUT2D eigenvalue weighted by Crippen LogP contribution is 2.25. The third kappa shape index (κ3) is 5.23. The summed E-state index contributed by atoms with van der Waals surface area (Å²) in [5.74, 6) is -2.24. The summed E-state index contributed by atoms with van der Waals surface area (Å²) < 4.78 is 2.21. The Morgan fingerprint density at radius 2 is 1.54 bits per heavy atom. The summed E-state index contributed by atoms with van der Waals surface area (Å²) in [6, 6.07) is 17.6. The van der Waals surface area contributed by atoms with Gasteiger partial charge in [0.15, 0.2) is 0 Å². The normalized spacial score (nSPS) is 10.8.